The number of benzene rings is 5. The molecule has 11 heteroatoms. The van der Waals surface area contributed by atoms with Gasteiger partial charge in [-0.3, -0.25) is 4.79 Å². The Hall–Kier alpha value is -5.42. The summed E-state index contributed by atoms with van der Waals surface area (Å²) in [4.78, 5) is 15.8. The number of carbonyl (C=O) groups is 1. The van der Waals surface area contributed by atoms with E-state index in [2.05, 4.69) is 71.1 Å². The summed E-state index contributed by atoms with van der Waals surface area (Å²) in [6, 6.07) is 32.1. The molecular weight excluding hydrogens is 792 g/mol. The van der Waals surface area contributed by atoms with Gasteiger partial charge in [-0.05, 0) is 106 Å². The summed E-state index contributed by atoms with van der Waals surface area (Å²) >= 11 is 0. The van der Waals surface area contributed by atoms with Crippen molar-refractivity contribution in [3.8, 4) is 0 Å². The molecular formula is C50H54F7N3O. The van der Waals surface area contributed by atoms with Crippen molar-refractivity contribution in [3.05, 3.63) is 177 Å². The Balaban J connectivity index is 0.000000254. The van der Waals surface area contributed by atoms with Crippen LogP contribution in [0.4, 0.5) is 30.8 Å². The number of aryl methyl sites for hydroxylation is 1. The van der Waals surface area contributed by atoms with Gasteiger partial charge in [0.2, 0.25) is 0 Å². The summed E-state index contributed by atoms with van der Waals surface area (Å²) < 4.78 is 92.3. The summed E-state index contributed by atoms with van der Waals surface area (Å²) in [6.07, 6.45) is -6.66. The summed E-state index contributed by atoms with van der Waals surface area (Å²) in [5, 5.41) is 3.89. The first kappa shape index (κ1) is 46.6. The highest BCUT2D eigenvalue weighted by molar-refractivity contribution is 6.06. The molecule has 0 unspecified atom stereocenters. The number of alkyl halides is 6. The van der Waals surface area contributed by atoms with E-state index < -0.39 is 23.5 Å². The zero-order valence-electron chi connectivity index (χ0n) is 35.7. The van der Waals surface area contributed by atoms with Gasteiger partial charge in [-0.1, -0.05) is 131 Å². The summed E-state index contributed by atoms with van der Waals surface area (Å²) in [5.74, 6) is -0.377. The van der Waals surface area contributed by atoms with Gasteiger partial charge in [0.25, 0.3) is 5.91 Å². The predicted molar refractivity (Wildman–Crippen MR) is 230 cm³/mol. The molecule has 0 aliphatic carbocycles. The second-order valence-corrected chi connectivity index (χ2v) is 17.6. The molecule has 1 heterocycles. The summed E-state index contributed by atoms with van der Waals surface area (Å²) in [5.41, 5.74) is 5.66. The third-order valence-corrected chi connectivity index (χ3v) is 10.5. The highest BCUT2D eigenvalue weighted by Gasteiger charge is 2.31. The lowest BCUT2D eigenvalue weighted by atomic mass is 9.86. The molecule has 5 aromatic carbocycles. The van der Waals surface area contributed by atoms with E-state index in [1.165, 1.54) is 35.5 Å². The molecule has 324 valence electrons. The summed E-state index contributed by atoms with van der Waals surface area (Å²) in [7, 11) is 0. The van der Waals surface area contributed by atoms with E-state index in [-0.39, 0.29) is 47.3 Å². The van der Waals surface area contributed by atoms with Crippen molar-refractivity contribution < 1.29 is 35.6 Å². The molecule has 6 rings (SSSR count). The maximum atomic E-state index is 14.6. The largest absolute Gasteiger partial charge is 0.416 e. The smallest absolute Gasteiger partial charge is 0.334 e. The molecule has 0 aliphatic heterocycles. The number of halogens is 7. The normalized spacial score (nSPS) is 12.3. The van der Waals surface area contributed by atoms with Gasteiger partial charge in [-0.15, -0.1) is 0 Å². The van der Waals surface area contributed by atoms with E-state index in [0.29, 0.717) is 40.8 Å². The van der Waals surface area contributed by atoms with Crippen LogP contribution in [0.3, 0.4) is 0 Å². The maximum Gasteiger partial charge on any atom is 0.416 e. The Morgan fingerprint density at radius 3 is 1.62 bits per heavy atom. The SMILES string of the molecule is CC(C)(C)c1ccc(CNCCc2cccc(C(F)(F)F)c2)cc1.Cc1cc(C(=O)N(CCc2cccc(C(F)(F)F)c2)Cc2ccc(C(C)(C)C)cc2)c2c(ccn2F)c1. The Morgan fingerprint density at radius 2 is 1.11 bits per heavy atom. The lowest BCUT2D eigenvalue weighted by molar-refractivity contribution is -0.138. The van der Waals surface area contributed by atoms with Gasteiger partial charge in [-0.25, -0.2) is 0 Å². The molecule has 1 N–H and O–H groups in total. The number of carbonyl (C=O) groups excluding carboxylic acids is 1. The van der Waals surface area contributed by atoms with Gasteiger partial charge in [0.15, 0.2) is 0 Å². The molecule has 0 bridgehead atoms. The van der Waals surface area contributed by atoms with Crippen LogP contribution in [0.1, 0.15) is 102 Å². The Labute approximate surface area is 354 Å². The fourth-order valence-corrected chi connectivity index (χ4v) is 6.97. The van der Waals surface area contributed by atoms with Crippen LogP contribution >= 0.6 is 0 Å². The fraction of sp³-hybridized carbons (Fsp3) is 0.340. The zero-order valence-corrected chi connectivity index (χ0v) is 35.7. The van der Waals surface area contributed by atoms with Crippen LogP contribution in [0, 0.1) is 6.92 Å². The first-order chi connectivity index (χ1) is 28.5. The number of nitrogens with zero attached hydrogens (tertiary/aromatic N) is 2. The number of fused-ring (bicyclic) bond motifs is 1. The number of hydrogen-bond donors (Lipinski definition) is 1. The minimum atomic E-state index is -4.44. The van der Waals surface area contributed by atoms with Gasteiger partial charge in [0.1, 0.15) is 0 Å². The van der Waals surface area contributed by atoms with E-state index in [4.69, 9.17) is 0 Å². The Bertz CT molecular complexity index is 2380. The van der Waals surface area contributed by atoms with E-state index >= 15 is 0 Å². The van der Waals surface area contributed by atoms with Crippen LogP contribution in [-0.2, 0) is 49.1 Å². The van der Waals surface area contributed by atoms with Gasteiger partial charge in [-0.2, -0.15) is 31.1 Å². The first-order valence-electron chi connectivity index (χ1n) is 20.3. The van der Waals surface area contributed by atoms with Crippen molar-refractivity contribution in [2.45, 2.75) is 97.6 Å². The van der Waals surface area contributed by atoms with Crippen molar-refractivity contribution in [3.63, 3.8) is 0 Å². The second kappa shape index (κ2) is 19.1. The average molecular weight is 846 g/mol. The monoisotopic (exact) mass is 845 g/mol. The van der Waals surface area contributed by atoms with Crippen molar-refractivity contribution in [2.75, 3.05) is 13.1 Å². The Kier molecular flexibility index (Phi) is 14.6. The molecule has 6 aromatic rings. The highest BCUT2D eigenvalue weighted by atomic mass is 19.4. The van der Waals surface area contributed by atoms with E-state index in [9.17, 15) is 35.6 Å². The Morgan fingerprint density at radius 1 is 0.607 bits per heavy atom. The predicted octanol–water partition coefficient (Wildman–Crippen LogP) is 13.2. The number of hydrogen-bond acceptors (Lipinski definition) is 2. The molecule has 0 spiro atoms. The third kappa shape index (κ3) is 13.0. The third-order valence-electron chi connectivity index (χ3n) is 10.5. The zero-order chi connectivity index (χ0) is 44.8. The van der Waals surface area contributed by atoms with Crippen molar-refractivity contribution in [1.82, 2.24) is 15.0 Å². The van der Waals surface area contributed by atoms with Crippen LogP contribution in [0.25, 0.3) is 10.9 Å². The molecule has 61 heavy (non-hydrogen) atoms. The van der Waals surface area contributed by atoms with E-state index in [1.54, 1.807) is 35.2 Å². The molecule has 0 atom stereocenters. The molecule has 0 aliphatic rings. The maximum absolute atomic E-state index is 14.6. The van der Waals surface area contributed by atoms with Crippen LogP contribution < -0.4 is 5.32 Å². The minimum absolute atomic E-state index is 0.0305. The standard InChI is InChI=1S/C30H30F4N2O.C20H24F3N/c1-20-16-23-13-15-36(34)27(23)26(17-20)28(37)35(19-22-8-10-24(11-9-22)29(2,3)4)14-12-21-6-5-7-25(18-21)30(31,32)33;1-19(2,3)17-9-7-16(8-10-17)14-24-12-11-15-5-4-6-18(13-15)20(21,22)23/h5-11,13,15-18H,12,14,19H2,1-4H3;4-10,13,24H,11-12,14H2,1-3H3. The van der Waals surface area contributed by atoms with Gasteiger partial charge in [0, 0.05) is 31.2 Å². The van der Waals surface area contributed by atoms with Gasteiger partial charge in [0.05, 0.1) is 22.2 Å². The minimum Gasteiger partial charge on any atom is -0.334 e. The fourth-order valence-electron chi connectivity index (χ4n) is 6.97. The average Bonchev–Trinajstić information content (AvgIpc) is 3.56. The first-order valence-corrected chi connectivity index (χ1v) is 20.3. The lowest BCUT2D eigenvalue weighted by Crippen LogP contribution is -2.33. The number of amides is 1. The quantitative estimate of drug-likeness (QED) is 0.104. The highest BCUT2D eigenvalue weighted by Crippen LogP contribution is 2.32. The van der Waals surface area contributed by atoms with E-state index in [1.807, 2.05) is 31.2 Å². The van der Waals surface area contributed by atoms with Crippen LogP contribution in [-0.4, -0.2) is 28.7 Å². The topological polar surface area (TPSA) is 37.3 Å². The number of rotatable bonds is 11. The van der Waals surface area contributed by atoms with Crippen molar-refractivity contribution in [2.24, 2.45) is 0 Å². The molecule has 1 aromatic heterocycles. The van der Waals surface area contributed by atoms with Crippen LogP contribution in [0.2, 0.25) is 0 Å². The van der Waals surface area contributed by atoms with Crippen molar-refractivity contribution in [1.29, 1.82) is 0 Å². The second-order valence-electron chi connectivity index (χ2n) is 17.6. The number of nitrogens with one attached hydrogen (secondary N) is 1. The number of aromatic nitrogens is 1. The van der Waals surface area contributed by atoms with Crippen LogP contribution in [0.5, 0.6) is 0 Å². The molecule has 0 fully saturated rings. The molecule has 1 amide bonds. The van der Waals surface area contributed by atoms with Crippen molar-refractivity contribution >= 4 is 16.8 Å². The van der Waals surface area contributed by atoms with E-state index in [0.717, 1.165) is 34.9 Å². The van der Waals surface area contributed by atoms with Gasteiger partial charge < -0.3 is 10.2 Å². The lowest BCUT2D eigenvalue weighted by Gasteiger charge is -2.25. The molecule has 0 radical (unpaired) electrons. The molecule has 0 saturated heterocycles. The summed E-state index contributed by atoms with van der Waals surface area (Å²) in [6.45, 7) is 16.5. The van der Waals surface area contributed by atoms with Crippen LogP contribution in [0.15, 0.2) is 121 Å². The molecule has 0 saturated carbocycles. The van der Waals surface area contributed by atoms with Gasteiger partial charge >= 0.3 is 12.4 Å². The molecule has 4 nitrogen and oxygen atoms in total.